The van der Waals surface area contributed by atoms with Gasteiger partial charge in [-0.25, -0.2) is 0 Å². The standard InChI is InChI=1S/C13H14BrNO2/c1-9(6-7-14)8-15-12(16)10-4-2-3-5-11(10)13(15)17/h2-5,9H,6-8H2,1H3. The van der Waals surface area contributed by atoms with Crippen LogP contribution in [0.1, 0.15) is 34.1 Å². The van der Waals surface area contributed by atoms with E-state index in [-0.39, 0.29) is 11.8 Å². The first kappa shape index (κ1) is 12.3. The maximum atomic E-state index is 12.0. The normalized spacial score (nSPS) is 16.2. The predicted molar refractivity (Wildman–Crippen MR) is 69.4 cm³/mol. The zero-order chi connectivity index (χ0) is 12.4. The van der Waals surface area contributed by atoms with Gasteiger partial charge in [-0.2, -0.15) is 0 Å². The van der Waals surface area contributed by atoms with Gasteiger partial charge >= 0.3 is 0 Å². The number of fused-ring (bicyclic) bond motifs is 1. The number of carbonyl (C=O) groups excluding carboxylic acids is 2. The lowest BCUT2D eigenvalue weighted by Crippen LogP contribution is -2.33. The third kappa shape index (κ3) is 2.27. The molecule has 1 aromatic carbocycles. The van der Waals surface area contributed by atoms with Crippen molar-refractivity contribution < 1.29 is 9.59 Å². The molecule has 2 amide bonds. The van der Waals surface area contributed by atoms with Gasteiger partial charge in [-0.3, -0.25) is 14.5 Å². The number of halogens is 1. The summed E-state index contributed by atoms with van der Waals surface area (Å²) < 4.78 is 0. The molecule has 0 N–H and O–H groups in total. The molecule has 1 aliphatic heterocycles. The van der Waals surface area contributed by atoms with Gasteiger partial charge in [0.05, 0.1) is 11.1 Å². The van der Waals surface area contributed by atoms with E-state index in [2.05, 4.69) is 15.9 Å². The second-order valence-corrected chi connectivity index (χ2v) is 5.14. The van der Waals surface area contributed by atoms with Crippen molar-refractivity contribution in [3.63, 3.8) is 0 Å². The highest BCUT2D eigenvalue weighted by molar-refractivity contribution is 9.09. The van der Waals surface area contributed by atoms with Crippen molar-refractivity contribution in [2.75, 3.05) is 11.9 Å². The molecule has 1 aromatic rings. The molecule has 2 rings (SSSR count). The monoisotopic (exact) mass is 295 g/mol. The molecule has 0 saturated heterocycles. The SMILES string of the molecule is CC(CCBr)CN1C(=O)c2ccccc2C1=O. The molecule has 90 valence electrons. The molecule has 17 heavy (non-hydrogen) atoms. The van der Waals surface area contributed by atoms with E-state index >= 15 is 0 Å². The topological polar surface area (TPSA) is 37.4 Å². The zero-order valence-corrected chi connectivity index (χ0v) is 11.2. The summed E-state index contributed by atoms with van der Waals surface area (Å²) in [6.45, 7) is 2.54. The van der Waals surface area contributed by atoms with Crippen LogP contribution in [-0.4, -0.2) is 28.6 Å². The number of imide groups is 1. The van der Waals surface area contributed by atoms with Gasteiger partial charge in [-0.1, -0.05) is 35.0 Å². The number of amides is 2. The van der Waals surface area contributed by atoms with E-state index < -0.39 is 0 Å². The van der Waals surface area contributed by atoms with Gasteiger partial charge in [0.1, 0.15) is 0 Å². The molecule has 0 bridgehead atoms. The van der Waals surface area contributed by atoms with Gasteiger partial charge in [-0.05, 0) is 24.5 Å². The minimum atomic E-state index is -0.160. The molecule has 0 saturated carbocycles. The Bertz CT molecular complexity index is 423. The van der Waals surface area contributed by atoms with Gasteiger partial charge < -0.3 is 0 Å². The number of carbonyl (C=O) groups is 2. The maximum Gasteiger partial charge on any atom is 0.261 e. The van der Waals surface area contributed by atoms with Crippen molar-refractivity contribution in [3.8, 4) is 0 Å². The van der Waals surface area contributed by atoms with E-state index in [4.69, 9.17) is 0 Å². The summed E-state index contributed by atoms with van der Waals surface area (Å²) in [5.74, 6) is -0.00404. The Kier molecular flexibility index (Phi) is 3.62. The number of benzene rings is 1. The average molecular weight is 296 g/mol. The van der Waals surface area contributed by atoms with Gasteiger partial charge in [0.2, 0.25) is 0 Å². The number of rotatable bonds is 4. The summed E-state index contributed by atoms with van der Waals surface area (Å²) in [5, 5.41) is 0.886. The second-order valence-electron chi connectivity index (χ2n) is 4.35. The van der Waals surface area contributed by atoms with Crippen LogP contribution in [0.25, 0.3) is 0 Å². The Balaban J connectivity index is 2.19. The number of hydrogen-bond acceptors (Lipinski definition) is 2. The van der Waals surface area contributed by atoms with E-state index in [1.54, 1.807) is 24.3 Å². The van der Waals surface area contributed by atoms with Crippen molar-refractivity contribution in [2.45, 2.75) is 13.3 Å². The number of alkyl halides is 1. The Morgan fingerprint density at radius 2 is 1.71 bits per heavy atom. The molecular formula is C13H14BrNO2. The Hall–Kier alpha value is -1.16. The summed E-state index contributed by atoms with van der Waals surface area (Å²) in [6, 6.07) is 7.00. The van der Waals surface area contributed by atoms with Crippen LogP contribution in [0, 0.1) is 5.92 Å². The number of hydrogen-bond donors (Lipinski definition) is 0. The lowest BCUT2D eigenvalue weighted by atomic mass is 10.1. The third-order valence-electron chi connectivity index (χ3n) is 2.97. The fraction of sp³-hybridized carbons (Fsp3) is 0.385. The highest BCUT2D eigenvalue weighted by atomic mass is 79.9. The van der Waals surface area contributed by atoms with E-state index in [9.17, 15) is 9.59 Å². The van der Waals surface area contributed by atoms with Crippen LogP contribution in [0.2, 0.25) is 0 Å². The molecule has 1 atom stereocenters. The van der Waals surface area contributed by atoms with Gasteiger partial charge in [0.15, 0.2) is 0 Å². The first-order chi connectivity index (χ1) is 8.15. The quantitative estimate of drug-likeness (QED) is 0.633. The van der Waals surface area contributed by atoms with Crippen molar-refractivity contribution in [1.29, 1.82) is 0 Å². The predicted octanol–water partition coefficient (Wildman–Crippen LogP) is 2.70. The lowest BCUT2D eigenvalue weighted by molar-refractivity contribution is 0.0632. The molecule has 1 unspecified atom stereocenters. The molecule has 0 aromatic heterocycles. The third-order valence-corrected chi connectivity index (χ3v) is 3.43. The van der Waals surface area contributed by atoms with Crippen LogP contribution in [0.4, 0.5) is 0 Å². The zero-order valence-electron chi connectivity index (χ0n) is 9.65. The van der Waals surface area contributed by atoms with E-state index in [0.717, 1.165) is 11.8 Å². The summed E-state index contributed by atoms with van der Waals surface area (Å²) in [6.07, 6.45) is 0.952. The highest BCUT2D eigenvalue weighted by Gasteiger charge is 2.35. The summed E-state index contributed by atoms with van der Waals surface area (Å²) in [4.78, 5) is 25.4. The fourth-order valence-electron chi connectivity index (χ4n) is 1.99. The largest absolute Gasteiger partial charge is 0.274 e. The molecule has 0 fully saturated rings. The summed E-state index contributed by atoms with van der Waals surface area (Å²) >= 11 is 3.37. The van der Waals surface area contributed by atoms with Crippen molar-refractivity contribution in [1.82, 2.24) is 4.90 Å². The minimum Gasteiger partial charge on any atom is -0.274 e. The Labute approximate surface area is 109 Å². The van der Waals surface area contributed by atoms with Crippen LogP contribution >= 0.6 is 15.9 Å². The van der Waals surface area contributed by atoms with Crippen LogP contribution in [0.5, 0.6) is 0 Å². The van der Waals surface area contributed by atoms with E-state index in [1.807, 2.05) is 6.92 Å². The molecule has 1 heterocycles. The smallest absolute Gasteiger partial charge is 0.261 e. The fourth-order valence-corrected chi connectivity index (χ4v) is 2.78. The van der Waals surface area contributed by atoms with Crippen molar-refractivity contribution in [3.05, 3.63) is 35.4 Å². The van der Waals surface area contributed by atoms with Crippen LogP contribution in [0.3, 0.4) is 0 Å². The summed E-state index contributed by atoms with van der Waals surface area (Å²) in [7, 11) is 0. The molecule has 0 spiro atoms. The lowest BCUT2D eigenvalue weighted by Gasteiger charge is -2.18. The van der Waals surface area contributed by atoms with Crippen molar-refractivity contribution in [2.24, 2.45) is 5.92 Å². The number of nitrogens with zero attached hydrogens (tertiary/aromatic N) is 1. The van der Waals surface area contributed by atoms with Gasteiger partial charge in [-0.15, -0.1) is 0 Å². The Morgan fingerprint density at radius 1 is 1.18 bits per heavy atom. The average Bonchev–Trinajstić information content (AvgIpc) is 2.56. The molecule has 1 aliphatic rings. The van der Waals surface area contributed by atoms with Crippen LogP contribution in [0.15, 0.2) is 24.3 Å². The second kappa shape index (κ2) is 5.00. The minimum absolute atomic E-state index is 0.160. The van der Waals surface area contributed by atoms with Crippen LogP contribution < -0.4 is 0 Å². The summed E-state index contributed by atoms with van der Waals surface area (Å²) in [5.41, 5.74) is 1.06. The Morgan fingerprint density at radius 3 is 2.18 bits per heavy atom. The molecule has 0 aliphatic carbocycles. The van der Waals surface area contributed by atoms with Crippen molar-refractivity contribution >= 4 is 27.7 Å². The molecule has 3 nitrogen and oxygen atoms in total. The highest BCUT2D eigenvalue weighted by Crippen LogP contribution is 2.23. The van der Waals surface area contributed by atoms with E-state index in [1.165, 1.54) is 4.90 Å². The van der Waals surface area contributed by atoms with Gasteiger partial charge in [0.25, 0.3) is 11.8 Å². The first-order valence-corrected chi connectivity index (χ1v) is 6.78. The first-order valence-electron chi connectivity index (χ1n) is 5.66. The van der Waals surface area contributed by atoms with Crippen LogP contribution in [-0.2, 0) is 0 Å². The van der Waals surface area contributed by atoms with Gasteiger partial charge in [0, 0.05) is 11.9 Å². The molecular weight excluding hydrogens is 282 g/mol. The maximum absolute atomic E-state index is 12.0. The molecule has 0 radical (unpaired) electrons. The van der Waals surface area contributed by atoms with E-state index in [0.29, 0.717) is 23.6 Å². The molecule has 4 heteroatoms.